The third-order valence-corrected chi connectivity index (χ3v) is 6.87. The number of thioether (sulfide) groups is 1. The molecule has 1 aromatic rings. The Morgan fingerprint density at radius 1 is 1.24 bits per heavy atom. The largest absolute Gasteiger partial charge is 0.415 e. The summed E-state index contributed by atoms with van der Waals surface area (Å²) in [6.45, 7) is 2.82. The maximum absolute atomic E-state index is 14.0. The quantitative estimate of drug-likeness (QED) is 0.592. The number of aliphatic imine (C=N–C) groups is 1. The van der Waals surface area contributed by atoms with Crippen LogP contribution in [0.5, 0.6) is 5.75 Å². The van der Waals surface area contributed by atoms with Crippen LogP contribution < -0.4 is 10.2 Å². The lowest BCUT2D eigenvalue weighted by Crippen LogP contribution is -2.45. The van der Waals surface area contributed by atoms with Crippen LogP contribution >= 0.6 is 36.6 Å². The van der Waals surface area contributed by atoms with Crippen molar-refractivity contribution in [3.8, 4) is 5.75 Å². The van der Waals surface area contributed by atoms with Gasteiger partial charge in [-0.15, -0.1) is 24.8 Å². The van der Waals surface area contributed by atoms with E-state index in [4.69, 9.17) is 4.74 Å². The van der Waals surface area contributed by atoms with Crippen molar-refractivity contribution in [3.63, 3.8) is 0 Å². The number of carbonyl (C=O) groups is 2. The third-order valence-electron chi connectivity index (χ3n) is 5.86. The maximum atomic E-state index is 14.0. The number of hydrogen-bond donors (Lipinski definition) is 1. The Morgan fingerprint density at radius 3 is 2.62 bits per heavy atom. The van der Waals surface area contributed by atoms with Gasteiger partial charge in [-0.05, 0) is 75.8 Å². The molecule has 0 radical (unpaired) electrons. The number of hydrazine groups is 1. The zero-order valence-electron chi connectivity index (χ0n) is 19.2. The van der Waals surface area contributed by atoms with Gasteiger partial charge < -0.3 is 14.5 Å². The second kappa shape index (κ2) is 12.7. The molecule has 3 heterocycles. The Morgan fingerprint density at radius 2 is 1.97 bits per heavy atom. The molecular formula is C22H30Cl2FN5O3S. The van der Waals surface area contributed by atoms with Crippen LogP contribution in [0.15, 0.2) is 28.1 Å². The minimum atomic E-state index is -0.474. The van der Waals surface area contributed by atoms with Gasteiger partial charge in [0.05, 0.1) is 4.91 Å². The molecule has 2 amide bonds. The van der Waals surface area contributed by atoms with Gasteiger partial charge in [-0.25, -0.2) is 14.6 Å². The number of amides is 2. The Balaban J connectivity index is 0.00000204. The van der Waals surface area contributed by atoms with Gasteiger partial charge >= 0.3 is 6.09 Å². The van der Waals surface area contributed by atoms with E-state index < -0.39 is 11.9 Å². The van der Waals surface area contributed by atoms with Crippen molar-refractivity contribution in [1.82, 2.24) is 20.2 Å². The molecule has 1 N–H and O–H groups in total. The molecule has 8 nitrogen and oxygen atoms in total. The molecule has 12 heteroatoms. The van der Waals surface area contributed by atoms with Gasteiger partial charge in [0.2, 0.25) is 0 Å². The molecule has 0 bridgehead atoms. The summed E-state index contributed by atoms with van der Waals surface area (Å²) in [6.07, 6.45) is 4.92. The zero-order chi connectivity index (χ0) is 22.7. The number of carbonyl (C=O) groups excluding carboxylic acids is 2. The average molecular weight is 534 g/mol. The highest BCUT2D eigenvalue weighted by molar-refractivity contribution is 8.18. The van der Waals surface area contributed by atoms with Crippen LogP contribution in [0, 0.1) is 5.82 Å². The van der Waals surface area contributed by atoms with Crippen molar-refractivity contribution < 1.29 is 18.7 Å². The van der Waals surface area contributed by atoms with E-state index in [-0.39, 0.29) is 36.5 Å². The molecule has 3 aliphatic rings. The highest BCUT2D eigenvalue weighted by Gasteiger charge is 2.28. The normalized spacial score (nSPS) is 20.2. The minimum Gasteiger partial charge on any atom is -0.410 e. The van der Waals surface area contributed by atoms with E-state index in [9.17, 15) is 14.0 Å². The van der Waals surface area contributed by atoms with E-state index in [1.165, 1.54) is 36.0 Å². The molecular weight excluding hydrogens is 504 g/mol. The standard InChI is InChI=1S/C22H28FN5O3S.2ClH/c1-26(2)17-7-11-27(12-8-17)22(30)31-18-6-5-16(23)13-15(18)14-19-20(29)25-21(32-19)28-10-4-3-9-24-28;;/h5-6,13-14,17,24H,3-4,7-12H2,1-2H3;2*1H. The van der Waals surface area contributed by atoms with Gasteiger partial charge in [0, 0.05) is 37.8 Å². The summed E-state index contributed by atoms with van der Waals surface area (Å²) < 4.78 is 19.6. The van der Waals surface area contributed by atoms with Gasteiger partial charge in [-0.3, -0.25) is 9.80 Å². The first kappa shape index (κ1) is 28.4. The number of rotatable bonds is 3. The summed E-state index contributed by atoms with van der Waals surface area (Å²) in [4.78, 5) is 33.5. The second-order valence-corrected chi connectivity index (χ2v) is 9.32. The molecule has 1 aromatic carbocycles. The van der Waals surface area contributed by atoms with Crippen molar-refractivity contribution in [3.05, 3.63) is 34.5 Å². The van der Waals surface area contributed by atoms with Crippen molar-refractivity contribution in [2.24, 2.45) is 4.99 Å². The van der Waals surface area contributed by atoms with Gasteiger partial charge in [0.1, 0.15) is 11.6 Å². The van der Waals surface area contributed by atoms with Crippen LogP contribution in [-0.2, 0) is 4.79 Å². The summed E-state index contributed by atoms with van der Waals surface area (Å²) in [5.74, 6) is -0.640. The van der Waals surface area contributed by atoms with Crippen LogP contribution in [0.2, 0.25) is 0 Å². The lowest BCUT2D eigenvalue weighted by molar-refractivity contribution is -0.113. The predicted molar refractivity (Wildman–Crippen MR) is 137 cm³/mol. The third kappa shape index (κ3) is 6.85. The molecule has 188 valence electrons. The van der Waals surface area contributed by atoms with Crippen LogP contribution in [0.25, 0.3) is 6.08 Å². The van der Waals surface area contributed by atoms with E-state index in [2.05, 4.69) is 15.3 Å². The van der Waals surface area contributed by atoms with Crippen LogP contribution in [-0.4, -0.2) is 78.3 Å². The van der Waals surface area contributed by atoms with Crippen LogP contribution in [0.3, 0.4) is 0 Å². The lowest BCUT2D eigenvalue weighted by atomic mass is 10.0. The van der Waals surface area contributed by atoms with Gasteiger partial charge in [-0.2, -0.15) is 4.99 Å². The lowest BCUT2D eigenvalue weighted by Gasteiger charge is -2.34. The fourth-order valence-electron chi connectivity index (χ4n) is 3.95. The molecule has 2 saturated heterocycles. The molecule has 0 saturated carbocycles. The average Bonchev–Trinajstić information content (AvgIpc) is 3.16. The van der Waals surface area contributed by atoms with Gasteiger partial charge in [0.25, 0.3) is 5.91 Å². The van der Waals surface area contributed by atoms with Crippen LogP contribution in [0.4, 0.5) is 9.18 Å². The highest BCUT2D eigenvalue weighted by Crippen LogP contribution is 2.33. The van der Waals surface area contributed by atoms with Crippen molar-refractivity contribution in [2.45, 2.75) is 31.7 Å². The summed E-state index contributed by atoms with van der Waals surface area (Å²) in [6, 6.07) is 4.37. The minimum absolute atomic E-state index is 0. The molecule has 0 aromatic heterocycles. The number of nitrogens with zero attached hydrogens (tertiary/aromatic N) is 4. The summed E-state index contributed by atoms with van der Waals surface area (Å²) >= 11 is 1.23. The van der Waals surface area contributed by atoms with Crippen molar-refractivity contribution in [1.29, 1.82) is 0 Å². The number of likely N-dealkylation sites (tertiary alicyclic amines) is 1. The zero-order valence-corrected chi connectivity index (χ0v) is 21.6. The first-order valence-corrected chi connectivity index (χ1v) is 11.7. The fraction of sp³-hybridized carbons (Fsp3) is 0.500. The summed E-state index contributed by atoms with van der Waals surface area (Å²) in [5.41, 5.74) is 3.56. The maximum Gasteiger partial charge on any atom is 0.415 e. The van der Waals surface area contributed by atoms with E-state index in [1.807, 2.05) is 19.1 Å². The molecule has 0 unspecified atom stereocenters. The molecule has 0 spiro atoms. The molecule has 2 fully saturated rings. The molecule has 34 heavy (non-hydrogen) atoms. The number of ether oxygens (including phenoxy) is 1. The first-order chi connectivity index (χ1) is 15.4. The number of hydrogen-bond acceptors (Lipinski definition) is 7. The van der Waals surface area contributed by atoms with E-state index in [0.29, 0.717) is 34.8 Å². The summed E-state index contributed by atoms with van der Waals surface area (Å²) in [5, 5.41) is 2.45. The van der Waals surface area contributed by atoms with E-state index in [0.717, 1.165) is 38.8 Å². The van der Waals surface area contributed by atoms with Gasteiger partial charge in [0.15, 0.2) is 5.17 Å². The van der Waals surface area contributed by atoms with Crippen LogP contribution in [0.1, 0.15) is 31.2 Å². The number of nitrogens with one attached hydrogen (secondary N) is 1. The van der Waals surface area contributed by atoms with Crippen molar-refractivity contribution in [2.75, 3.05) is 40.3 Å². The van der Waals surface area contributed by atoms with Crippen molar-refractivity contribution >= 4 is 59.8 Å². The second-order valence-electron chi connectivity index (χ2n) is 8.31. The topological polar surface area (TPSA) is 77.5 Å². The number of piperidine rings is 1. The highest BCUT2D eigenvalue weighted by atomic mass is 35.5. The Labute approximate surface area is 215 Å². The first-order valence-electron chi connectivity index (χ1n) is 10.9. The molecule has 4 rings (SSSR count). The number of halogens is 3. The Bertz CT molecular complexity index is 948. The molecule has 3 aliphatic heterocycles. The fourth-order valence-corrected chi connectivity index (χ4v) is 4.86. The number of benzene rings is 1. The van der Waals surface area contributed by atoms with E-state index in [1.54, 1.807) is 4.90 Å². The van der Waals surface area contributed by atoms with E-state index >= 15 is 0 Å². The molecule has 0 atom stereocenters. The molecule has 0 aliphatic carbocycles. The number of amidine groups is 1. The summed E-state index contributed by atoms with van der Waals surface area (Å²) in [7, 11) is 4.07. The SMILES string of the molecule is CN(C)C1CCN(C(=O)Oc2ccc(F)cc2C=C2SC(N3CCCCN3)=NC2=O)CC1.Cl.Cl. The van der Waals surface area contributed by atoms with Gasteiger partial charge in [-0.1, -0.05) is 0 Å². The predicted octanol–water partition coefficient (Wildman–Crippen LogP) is 3.76. The Hall–Kier alpha value is -1.85. The smallest absolute Gasteiger partial charge is 0.410 e. The Kier molecular flexibility index (Phi) is 10.6. The monoisotopic (exact) mass is 533 g/mol.